The molecule has 1 unspecified atom stereocenters. The van der Waals surface area contributed by atoms with E-state index in [0.29, 0.717) is 12.1 Å². The number of nitrogens with two attached hydrogens (primary N) is 1. The van der Waals surface area contributed by atoms with Crippen molar-refractivity contribution in [2.75, 3.05) is 13.2 Å². The maximum Gasteiger partial charge on any atom is 0.419 e. The molecular formula is C12H14F6N2O. The average Bonchev–Trinajstić information content (AvgIpc) is 2.38. The number of hydrogen-bond acceptors (Lipinski definition) is 3. The van der Waals surface area contributed by atoms with Gasteiger partial charge in [-0.2, -0.15) is 13.2 Å². The molecule has 1 aromatic carbocycles. The molecule has 1 aromatic rings. The van der Waals surface area contributed by atoms with Gasteiger partial charge in [0.15, 0.2) is 0 Å². The highest BCUT2D eigenvalue weighted by molar-refractivity contribution is 5.29. The molecule has 0 aliphatic heterocycles. The molecule has 0 aromatic heterocycles. The van der Waals surface area contributed by atoms with Crippen LogP contribution in [0.2, 0.25) is 0 Å². The van der Waals surface area contributed by atoms with Gasteiger partial charge in [0, 0.05) is 12.6 Å². The molecule has 9 heteroatoms. The van der Waals surface area contributed by atoms with Crippen LogP contribution >= 0.6 is 0 Å². The van der Waals surface area contributed by atoms with Crippen molar-refractivity contribution >= 4 is 0 Å². The Labute approximate surface area is 117 Å². The van der Waals surface area contributed by atoms with Crippen LogP contribution in [-0.4, -0.2) is 19.6 Å². The molecule has 0 heterocycles. The van der Waals surface area contributed by atoms with Gasteiger partial charge in [0.25, 0.3) is 6.43 Å². The fourth-order valence-corrected chi connectivity index (χ4v) is 1.70. The number of nitrogens with one attached hydrogen (secondary N) is 1. The van der Waals surface area contributed by atoms with Gasteiger partial charge in [-0.05, 0) is 24.1 Å². The molecule has 3 N–H and O–H groups in total. The molecular weight excluding hydrogens is 302 g/mol. The van der Waals surface area contributed by atoms with E-state index in [9.17, 15) is 26.3 Å². The summed E-state index contributed by atoms with van der Waals surface area (Å²) in [5, 5.41) is 0. The van der Waals surface area contributed by atoms with Gasteiger partial charge in [-0.3, -0.25) is 11.3 Å². The molecule has 120 valence electrons. The van der Waals surface area contributed by atoms with Gasteiger partial charge in [-0.25, -0.2) is 13.2 Å². The zero-order valence-corrected chi connectivity index (χ0v) is 10.8. The lowest BCUT2D eigenvalue weighted by Gasteiger charge is -2.18. The lowest BCUT2D eigenvalue weighted by atomic mass is 10.0. The molecule has 0 amide bonds. The van der Waals surface area contributed by atoms with E-state index in [1.807, 2.05) is 0 Å². The Morgan fingerprint density at radius 2 is 1.90 bits per heavy atom. The van der Waals surface area contributed by atoms with Crippen LogP contribution in [0.3, 0.4) is 0 Å². The van der Waals surface area contributed by atoms with Crippen molar-refractivity contribution in [1.82, 2.24) is 5.43 Å². The van der Waals surface area contributed by atoms with Crippen LogP contribution < -0.4 is 11.3 Å². The van der Waals surface area contributed by atoms with E-state index in [1.54, 1.807) is 0 Å². The van der Waals surface area contributed by atoms with Crippen molar-refractivity contribution in [3.05, 3.63) is 35.1 Å². The third-order valence-corrected chi connectivity index (χ3v) is 2.69. The Morgan fingerprint density at radius 1 is 1.24 bits per heavy atom. The number of alkyl halides is 5. The molecule has 3 nitrogen and oxygen atoms in total. The molecule has 1 rings (SSSR count). The van der Waals surface area contributed by atoms with Crippen LogP contribution in [0.15, 0.2) is 18.2 Å². The molecule has 0 saturated carbocycles. The third-order valence-electron chi connectivity index (χ3n) is 2.69. The molecule has 0 aliphatic carbocycles. The van der Waals surface area contributed by atoms with Gasteiger partial charge in [0.1, 0.15) is 12.4 Å². The highest BCUT2D eigenvalue weighted by Gasteiger charge is 2.34. The van der Waals surface area contributed by atoms with E-state index < -0.39 is 36.6 Å². The molecule has 1 atom stereocenters. The summed E-state index contributed by atoms with van der Waals surface area (Å²) in [6.07, 6.45) is -7.39. The zero-order valence-electron chi connectivity index (χ0n) is 10.8. The van der Waals surface area contributed by atoms with E-state index in [-0.39, 0.29) is 18.6 Å². The summed E-state index contributed by atoms with van der Waals surface area (Å²) >= 11 is 0. The largest absolute Gasteiger partial charge is 0.419 e. The van der Waals surface area contributed by atoms with E-state index in [1.165, 1.54) is 0 Å². The minimum Gasteiger partial charge on any atom is -0.375 e. The van der Waals surface area contributed by atoms with Crippen LogP contribution in [-0.2, 0) is 10.9 Å². The normalized spacial score (nSPS) is 13.7. The van der Waals surface area contributed by atoms with Crippen molar-refractivity contribution in [2.24, 2.45) is 5.84 Å². The lowest BCUT2D eigenvalue weighted by molar-refractivity contribution is -0.140. The minimum absolute atomic E-state index is 0.0617. The van der Waals surface area contributed by atoms with Crippen LogP contribution in [0.25, 0.3) is 0 Å². The SMILES string of the molecule is NNC(CCOCC(F)F)c1ccc(F)c(C(F)(F)F)c1. The van der Waals surface area contributed by atoms with Gasteiger partial charge in [-0.1, -0.05) is 6.07 Å². The third kappa shape index (κ3) is 5.52. The number of ether oxygens (including phenoxy) is 1. The molecule has 0 radical (unpaired) electrons. The van der Waals surface area contributed by atoms with Crippen molar-refractivity contribution in [1.29, 1.82) is 0 Å². The maximum absolute atomic E-state index is 13.1. The second-order valence-electron chi connectivity index (χ2n) is 4.21. The highest BCUT2D eigenvalue weighted by Crippen LogP contribution is 2.33. The average molecular weight is 316 g/mol. The topological polar surface area (TPSA) is 47.3 Å². The minimum atomic E-state index is -4.83. The first-order valence-electron chi connectivity index (χ1n) is 5.94. The Bertz CT molecular complexity index is 452. The highest BCUT2D eigenvalue weighted by atomic mass is 19.4. The molecule has 0 saturated heterocycles. The molecule has 0 aliphatic rings. The summed E-state index contributed by atoms with van der Waals surface area (Å²) in [6.45, 7) is -0.896. The molecule has 0 spiro atoms. The number of hydrazine groups is 1. The standard InChI is InChI=1S/C12H14F6N2O/c13-9-2-1-7(5-8(9)12(16,17)18)10(20-19)3-4-21-6-11(14)15/h1-2,5,10-11,20H,3-4,6,19H2. The zero-order chi connectivity index (χ0) is 16.0. The number of halogens is 6. The first kappa shape index (κ1) is 17.7. The Kier molecular flexibility index (Phi) is 6.43. The summed E-state index contributed by atoms with van der Waals surface area (Å²) < 4.78 is 79.3. The van der Waals surface area contributed by atoms with Gasteiger partial charge in [0.05, 0.1) is 5.56 Å². The summed E-state index contributed by atoms with van der Waals surface area (Å²) in [7, 11) is 0. The summed E-state index contributed by atoms with van der Waals surface area (Å²) in [5.41, 5.74) is 0.928. The maximum atomic E-state index is 13.1. The first-order chi connectivity index (χ1) is 9.75. The summed E-state index contributed by atoms with van der Waals surface area (Å²) in [6, 6.07) is 1.68. The van der Waals surface area contributed by atoms with Crippen LogP contribution in [0.4, 0.5) is 26.3 Å². The molecule has 0 bridgehead atoms. The molecule has 0 fully saturated rings. The fraction of sp³-hybridized carbons (Fsp3) is 0.500. The van der Waals surface area contributed by atoms with E-state index in [2.05, 4.69) is 10.2 Å². The van der Waals surface area contributed by atoms with Gasteiger partial charge in [-0.15, -0.1) is 0 Å². The van der Waals surface area contributed by atoms with Gasteiger partial charge < -0.3 is 4.74 Å². The Morgan fingerprint density at radius 3 is 2.43 bits per heavy atom. The number of hydrogen-bond donors (Lipinski definition) is 2. The van der Waals surface area contributed by atoms with Crippen molar-refractivity contribution in [2.45, 2.75) is 25.1 Å². The Balaban J connectivity index is 2.77. The monoisotopic (exact) mass is 316 g/mol. The van der Waals surface area contributed by atoms with E-state index >= 15 is 0 Å². The lowest BCUT2D eigenvalue weighted by Crippen LogP contribution is -2.29. The van der Waals surface area contributed by atoms with Crippen molar-refractivity contribution in [3.63, 3.8) is 0 Å². The second kappa shape index (κ2) is 7.62. The molecule has 21 heavy (non-hydrogen) atoms. The Hall–Kier alpha value is -1.32. The van der Waals surface area contributed by atoms with Crippen molar-refractivity contribution < 1.29 is 31.1 Å². The van der Waals surface area contributed by atoms with E-state index in [0.717, 1.165) is 6.07 Å². The van der Waals surface area contributed by atoms with Crippen LogP contribution in [0.5, 0.6) is 0 Å². The van der Waals surface area contributed by atoms with Gasteiger partial charge >= 0.3 is 6.18 Å². The number of rotatable bonds is 7. The summed E-state index contributed by atoms with van der Waals surface area (Å²) in [5.74, 6) is 3.82. The second-order valence-corrected chi connectivity index (χ2v) is 4.21. The fourth-order valence-electron chi connectivity index (χ4n) is 1.70. The summed E-state index contributed by atoms with van der Waals surface area (Å²) in [4.78, 5) is 0. The predicted molar refractivity (Wildman–Crippen MR) is 62.9 cm³/mol. The number of benzene rings is 1. The van der Waals surface area contributed by atoms with Gasteiger partial charge in [0.2, 0.25) is 0 Å². The van der Waals surface area contributed by atoms with Crippen molar-refractivity contribution in [3.8, 4) is 0 Å². The van der Waals surface area contributed by atoms with E-state index in [4.69, 9.17) is 5.84 Å². The quantitative estimate of drug-likeness (QED) is 0.352. The first-order valence-corrected chi connectivity index (χ1v) is 5.94. The van der Waals surface area contributed by atoms with Crippen LogP contribution in [0, 0.1) is 5.82 Å². The smallest absolute Gasteiger partial charge is 0.375 e. The predicted octanol–water partition coefficient (Wildman–Crippen LogP) is 3.02. The van der Waals surface area contributed by atoms with Crippen LogP contribution in [0.1, 0.15) is 23.6 Å².